The highest BCUT2D eigenvalue weighted by molar-refractivity contribution is 7.12. The SMILES string of the molecule is CCN(Cc1ccccc1)C(=O)Cn1nnn(-c2cccs2)c1=O. The first-order chi connectivity index (χ1) is 11.7. The number of benzene rings is 1. The molecule has 0 aliphatic heterocycles. The molecule has 0 N–H and O–H groups in total. The van der Waals surface area contributed by atoms with E-state index in [0.29, 0.717) is 18.1 Å². The van der Waals surface area contributed by atoms with E-state index < -0.39 is 5.69 Å². The van der Waals surface area contributed by atoms with Gasteiger partial charge in [-0.25, -0.2) is 4.79 Å². The van der Waals surface area contributed by atoms with Crippen LogP contribution in [0.3, 0.4) is 0 Å². The van der Waals surface area contributed by atoms with Gasteiger partial charge in [0.25, 0.3) is 0 Å². The van der Waals surface area contributed by atoms with E-state index in [4.69, 9.17) is 0 Å². The number of likely N-dealkylation sites (N-methyl/N-ethyl adjacent to an activating group) is 1. The van der Waals surface area contributed by atoms with Crippen molar-refractivity contribution in [3.63, 3.8) is 0 Å². The molecule has 24 heavy (non-hydrogen) atoms. The van der Waals surface area contributed by atoms with E-state index in [1.165, 1.54) is 16.0 Å². The number of aromatic nitrogens is 4. The predicted molar refractivity (Wildman–Crippen MR) is 91.0 cm³/mol. The molecule has 0 fully saturated rings. The third-order valence-corrected chi connectivity index (χ3v) is 4.43. The topological polar surface area (TPSA) is 73.0 Å². The van der Waals surface area contributed by atoms with Crippen LogP contribution in [0.2, 0.25) is 0 Å². The highest BCUT2D eigenvalue weighted by Gasteiger charge is 2.17. The van der Waals surface area contributed by atoms with Crippen LogP contribution in [0.1, 0.15) is 12.5 Å². The summed E-state index contributed by atoms with van der Waals surface area (Å²) < 4.78 is 2.29. The van der Waals surface area contributed by atoms with E-state index in [1.807, 2.05) is 48.7 Å². The van der Waals surface area contributed by atoms with Gasteiger partial charge in [-0.2, -0.15) is 9.36 Å². The van der Waals surface area contributed by atoms with E-state index in [1.54, 1.807) is 11.0 Å². The largest absolute Gasteiger partial charge is 0.369 e. The molecule has 8 heteroatoms. The van der Waals surface area contributed by atoms with Crippen molar-refractivity contribution in [3.8, 4) is 5.00 Å². The fraction of sp³-hybridized carbons (Fsp3) is 0.250. The molecule has 0 saturated heterocycles. The smallest absolute Gasteiger partial charge is 0.337 e. The van der Waals surface area contributed by atoms with Gasteiger partial charge in [0.1, 0.15) is 11.5 Å². The Bertz CT molecular complexity index is 854. The van der Waals surface area contributed by atoms with E-state index in [-0.39, 0.29) is 12.5 Å². The first-order valence-electron chi connectivity index (χ1n) is 7.57. The highest BCUT2D eigenvalue weighted by atomic mass is 32.1. The van der Waals surface area contributed by atoms with Crippen molar-refractivity contribution >= 4 is 17.2 Å². The summed E-state index contributed by atoms with van der Waals surface area (Å²) in [4.78, 5) is 26.5. The highest BCUT2D eigenvalue weighted by Crippen LogP contribution is 2.10. The molecule has 1 aromatic carbocycles. The lowest BCUT2D eigenvalue weighted by molar-refractivity contribution is -0.132. The monoisotopic (exact) mass is 343 g/mol. The quantitative estimate of drug-likeness (QED) is 0.680. The Morgan fingerprint density at radius 2 is 1.96 bits per heavy atom. The normalized spacial score (nSPS) is 10.7. The maximum Gasteiger partial charge on any atom is 0.369 e. The number of tetrazole rings is 1. The Morgan fingerprint density at radius 1 is 1.17 bits per heavy atom. The van der Waals surface area contributed by atoms with Gasteiger partial charge in [-0.3, -0.25) is 4.79 Å². The number of carbonyl (C=O) groups excluding carboxylic acids is 1. The van der Waals surface area contributed by atoms with Crippen LogP contribution in [-0.2, 0) is 17.9 Å². The van der Waals surface area contributed by atoms with Gasteiger partial charge in [0, 0.05) is 13.1 Å². The molecule has 7 nitrogen and oxygen atoms in total. The lowest BCUT2D eigenvalue weighted by Gasteiger charge is -2.20. The van der Waals surface area contributed by atoms with E-state index >= 15 is 0 Å². The van der Waals surface area contributed by atoms with Crippen LogP contribution >= 0.6 is 11.3 Å². The van der Waals surface area contributed by atoms with Gasteiger partial charge >= 0.3 is 5.69 Å². The van der Waals surface area contributed by atoms with Crippen LogP contribution in [0.15, 0.2) is 52.6 Å². The van der Waals surface area contributed by atoms with Gasteiger partial charge in [-0.15, -0.1) is 11.3 Å². The molecule has 3 rings (SSSR count). The van der Waals surface area contributed by atoms with Gasteiger partial charge in [0.15, 0.2) is 0 Å². The Hall–Kier alpha value is -2.74. The van der Waals surface area contributed by atoms with E-state index in [9.17, 15) is 9.59 Å². The summed E-state index contributed by atoms with van der Waals surface area (Å²) >= 11 is 1.39. The molecule has 0 unspecified atom stereocenters. The zero-order valence-electron chi connectivity index (χ0n) is 13.2. The number of rotatable bonds is 6. The Kier molecular flexibility index (Phi) is 4.85. The van der Waals surface area contributed by atoms with Gasteiger partial charge < -0.3 is 4.90 Å². The second-order valence-corrected chi connectivity index (χ2v) is 6.10. The van der Waals surface area contributed by atoms with Gasteiger partial charge in [-0.05, 0) is 40.4 Å². The van der Waals surface area contributed by atoms with Crippen molar-refractivity contribution in [2.75, 3.05) is 6.54 Å². The first-order valence-corrected chi connectivity index (χ1v) is 8.45. The fourth-order valence-corrected chi connectivity index (χ4v) is 2.98. The van der Waals surface area contributed by atoms with Gasteiger partial charge in [0.2, 0.25) is 5.91 Å². The molecule has 0 bridgehead atoms. The van der Waals surface area contributed by atoms with Crippen LogP contribution in [0.4, 0.5) is 0 Å². The molecular weight excluding hydrogens is 326 g/mol. The second kappa shape index (κ2) is 7.22. The first kappa shape index (κ1) is 16.1. The third-order valence-electron chi connectivity index (χ3n) is 3.59. The molecule has 2 aromatic heterocycles. The van der Waals surface area contributed by atoms with Crippen LogP contribution < -0.4 is 5.69 Å². The third kappa shape index (κ3) is 3.43. The molecule has 0 radical (unpaired) electrons. The summed E-state index contributed by atoms with van der Waals surface area (Å²) in [6, 6.07) is 13.3. The minimum Gasteiger partial charge on any atom is -0.337 e. The molecule has 0 aliphatic carbocycles. The van der Waals surface area contributed by atoms with Crippen molar-refractivity contribution < 1.29 is 4.79 Å². The molecule has 2 heterocycles. The lowest BCUT2D eigenvalue weighted by atomic mass is 10.2. The molecule has 0 saturated carbocycles. The molecule has 0 atom stereocenters. The van der Waals surface area contributed by atoms with Crippen molar-refractivity contribution in [3.05, 3.63) is 63.9 Å². The number of hydrogen-bond donors (Lipinski definition) is 0. The molecule has 124 valence electrons. The summed E-state index contributed by atoms with van der Waals surface area (Å²) in [5, 5.41) is 10.2. The predicted octanol–water partition coefficient (Wildman–Crippen LogP) is 1.54. The number of thiophene rings is 1. The molecule has 1 amide bonds. The average Bonchev–Trinajstić information content (AvgIpc) is 3.24. The number of amides is 1. The Balaban J connectivity index is 1.73. The van der Waals surface area contributed by atoms with Gasteiger partial charge in [-0.1, -0.05) is 30.3 Å². The number of carbonyl (C=O) groups is 1. The second-order valence-electron chi connectivity index (χ2n) is 5.18. The molecule has 3 aromatic rings. The summed E-state index contributed by atoms with van der Waals surface area (Å²) in [6.07, 6.45) is 0. The summed E-state index contributed by atoms with van der Waals surface area (Å²) in [5.41, 5.74) is 0.629. The lowest BCUT2D eigenvalue weighted by Crippen LogP contribution is -2.36. The van der Waals surface area contributed by atoms with E-state index in [2.05, 4.69) is 10.4 Å². The maximum absolute atomic E-state index is 12.5. The van der Waals surface area contributed by atoms with Crippen LogP contribution in [0.25, 0.3) is 5.00 Å². The van der Waals surface area contributed by atoms with E-state index in [0.717, 1.165) is 10.2 Å². The standard InChI is InChI=1S/C16H17N5O2S/c1-2-19(11-13-7-4-3-5-8-13)14(22)12-20-16(23)21(18-17-20)15-9-6-10-24-15/h3-10H,2,11-12H2,1H3. The summed E-state index contributed by atoms with van der Waals surface area (Å²) in [7, 11) is 0. The minimum atomic E-state index is -0.415. The fourth-order valence-electron chi connectivity index (χ4n) is 2.31. The van der Waals surface area contributed by atoms with Crippen molar-refractivity contribution in [2.24, 2.45) is 0 Å². The van der Waals surface area contributed by atoms with Crippen LogP contribution in [0.5, 0.6) is 0 Å². The maximum atomic E-state index is 12.5. The molecular formula is C16H17N5O2S. The number of nitrogens with zero attached hydrogens (tertiary/aromatic N) is 5. The van der Waals surface area contributed by atoms with Crippen LogP contribution in [0, 0.1) is 0 Å². The average molecular weight is 343 g/mol. The van der Waals surface area contributed by atoms with Crippen molar-refractivity contribution in [2.45, 2.75) is 20.0 Å². The zero-order valence-corrected chi connectivity index (χ0v) is 14.0. The molecule has 0 spiro atoms. The Morgan fingerprint density at radius 3 is 2.62 bits per heavy atom. The van der Waals surface area contributed by atoms with Gasteiger partial charge in [0.05, 0.1) is 0 Å². The van der Waals surface area contributed by atoms with Crippen molar-refractivity contribution in [1.29, 1.82) is 0 Å². The summed E-state index contributed by atoms with van der Waals surface area (Å²) in [6.45, 7) is 2.85. The number of hydrogen-bond acceptors (Lipinski definition) is 5. The summed E-state index contributed by atoms with van der Waals surface area (Å²) in [5.74, 6) is -0.165. The minimum absolute atomic E-state index is 0.120. The zero-order chi connectivity index (χ0) is 16.9. The van der Waals surface area contributed by atoms with Crippen molar-refractivity contribution in [1.82, 2.24) is 24.7 Å². The Labute approximate surface area is 142 Å². The van der Waals surface area contributed by atoms with Crippen LogP contribution in [-0.4, -0.2) is 37.1 Å². The molecule has 0 aliphatic rings.